The van der Waals surface area contributed by atoms with Crippen molar-refractivity contribution in [1.29, 1.82) is 0 Å². The Morgan fingerprint density at radius 2 is 2.16 bits per heavy atom. The molecule has 2 unspecified atom stereocenters. The van der Waals surface area contributed by atoms with Gasteiger partial charge in [0.15, 0.2) is 5.12 Å². The molecule has 4 heteroatoms. The average molecular weight is 278 g/mol. The number of rotatable bonds is 5. The molecule has 2 atom stereocenters. The summed E-state index contributed by atoms with van der Waals surface area (Å²) in [7, 11) is 0. The van der Waals surface area contributed by atoms with Crippen molar-refractivity contribution in [3.8, 4) is 0 Å². The zero-order valence-corrected chi connectivity index (χ0v) is 11.8. The molecule has 0 radical (unpaired) electrons. The molecular weight excluding hydrogens is 260 g/mol. The quantitative estimate of drug-likeness (QED) is 0.899. The molecule has 3 nitrogen and oxygen atoms in total. The van der Waals surface area contributed by atoms with Gasteiger partial charge < -0.3 is 5.11 Å². The first kappa shape index (κ1) is 14.1. The highest BCUT2D eigenvalue weighted by Crippen LogP contribution is 2.40. The third-order valence-corrected chi connectivity index (χ3v) is 4.56. The van der Waals surface area contributed by atoms with Gasteiger partial charge in [0.1, 0.15) is 0 Å². The number of carboxylic acids is 1. The topological polar surface area (TPSA) is 54.4 Å². The molecule has 1 aliphatic carbocycles. The molecule has 0 saturated heterocycles. The van der Waals surface area contributed by atoms with E-state index in [1.807, 2.05) is 18.2 Å². The van der Waals surface area contributed by atoms with E-state index in [-0.39, 0.29) is 17.0 Å². The van der Waals surface area contributed by atoms with Crippen molar-refractivity contribution < 1.29 is 14.7 Å². The minimum Gasteiger partial charge on any atom is -0.481 e. The first-order valence-electron chi connectivity index (χ1n) is 6.53. The Morgan fingerprint density at radius 3 is 2.84 bits per heavy atom. The van der Waals surface area contributed by atoms with Gasteiger partial charge in [0.25, 0.3) is 0 Å². The maximum Gasteiger partial charge on any atom is 0.307 e. The van der Waals surface area contributed by atoms with Gasteiger partial charge >= 0.3 is 5.97 Å². The molecule has 0 aromatic heterocycles. The van der Waals surface area contributed by atoms with Gasteiger partial charge in [-0.05, 0) is 36.3 Å². The average Bonchev–Trinajstić information content (AvgIpc) is 2.77. The van der Waals surface area contributed by atoms with Gasteiger partial charge in [0.05, 0.1) is 5.92 Å². The molecule has 2 rings (SSSR count). The molecule has 0 heterocycles. The smallest absolute Gasteiger partial charge is 0.307 e. The fourth-order valence-electron chi connectivity index (χ4n) is 2.83. The van der Waals surface area contributed by atoms with Crippen molar-refractivity contribution in [3.63, 3.8) is 0 Å². The predicted octanol–water partition coefficient (Wildman–Crippen LogP) is 3.09. The van der Waals surface area contributed by atoms with Crippen molar-refractivity contribution in [2.75, 3.05) is 5.75 Å². The van der Waals surface area contributed by atoms with Crippen LogP contribution in [0.4, 0.5) is 0 Å². The van der Waals surface area contributed by atoms with Crippen LogP contribution < -0.4 is 0 Å². The van der Waals surface area contributed by atoms with Crippen LogP contribution in [-0.4, -0.2) is 21.9 Å². The Bertz CT molecular complexity index is 484. The number of carboxylic acid groups (broad SMARTS) is 1. The van der Waals surface area contributed by atoms with Crippen molar-refractivity contribution in [1.82, 2.24) is 0 Å². The summed E-state index contributed by atoms with van der Waals surface area (Å²) in [6.07, 6.45) is 2.42. The summed E-state index contributed by atoms with van der Waals surface area (Å²) in [6.45, 7) is 1.52. The second-order valence-corrected chi connectivity index (χ2v) is 6.19. The zero-order chi connectivity index (χ0) is 13.8. The zero-order valence-electron chi connectivity index (χ0n) is 11.0. The van der Waals surface area contributed by atoms with Crippen LogP contribution in [0.1, 0.15) is 36.8 Å². The summed E-state index contributed by atoms with van der Waals surface area (Å²) >= 11 is 1.21. The molecule has 1 aromatic carbocycles. The van der Waals surface area contributed by atoms with Crippen LogP contribution in [0, 0.1) is 5.92 Å². The van der Waals surface area contributed by atoms with Crippen molar-refractivity contribution in [3.05, 3.63) is 35.4 Å². The molecular formula is C15H18O3S. The molecule has 1 aliphatic rings. The fourth-order valence-corrected chi connectivity index (χ4v) is 3.49. The molecule has 0 aliphatic heterocycles. The minimum atomic E-state index is -0.745. The summed E-state index contributed by atoms with van der Waals surface area (Å²) in [5, 5.41) is 9.48. The summed E-state index contributed by atoms with van der Waals surface area (Å²) < 4.78 is 0. The monoisotopic (exact) mass is 278 g/mol. The highest BCUT2D eigenvalue weighted by Gasteiger charge is 2.33. The molecule has 0 bridgehead atoms. The number of carbonyl (C=O) groups is 2. The number of thioether (sulfide) groups is 1. The maximum absolute atomic E-state index is 11.5. The Kier molecular flexibility index (Phi) is 4.64. The summed E-state index contributed by atoms with van der Waals surface area (Å²) in [5.41, 5.74) is 2.46. The van der Waals surface area contributed by atoms with Crippen LogP contribution in [0.5, 0.6) is 0 Å². The van der Waals surface area contributed by atoms with Gasteiger partial charge in [-0.2, -0.15) is 0 Å². The number of carbonyl (C=O) groups excluding carboxylic acids is 1. The molecule has 0 fully saturated rings. The first-order valence-corrected chi connectivity index (χ1v) is 7.52. The molecule has 0 spiro atoms. The lowest BCUT2D eigenvalue weighted by Gasteiger charge is -2.20. The molecule has 0 amide bonds. The second kappa shape index (κ2) is 6.24. The number of hydrogen-bond acceptors (Lipinski definition) is 3. The number of aryl methyl sites for hydroxylation is 1. The van der Waals surface area contributed by atoms with Crippen LogP contribution in [0.3, 0.4) is 0 Å². The summed E-state index contributed by atoms with van der Waals surface area (Å²) in [6, 6.07) is 8.10. The van der Waals surface area contributed by atoms with E-state index in [4.69, 9.17) is 0 Å². The van der Waals surface area contributed by atoms with E-state index >= 15 is 0 Å². The van der Waals surface area contributed by atoms with Gasteiger partial charge in [-0.15, -0.1) is 0 Å². The lowest BCUT2D eigenvalue weighted by Crippen LogP contribution is -2.21. The summed E-state index contributed by atoms with van der Waals surface area (Å²) in [4.78, 5) is 22.4. The largest absolute Gasteiger partial charge is 0.481 e. The van der Waals surface area contributed by atoms with Gasteiger partial charge in [-0.1, -0.05) is 36.0 Å². The Morgan fingerprint density at radius 1 is 1.42 bits per heavy atom. The SMILES string of the molecule is CC(=O)SCCC(C(=O)O)C1CCc2ccccc21. The third kappa shape index (κ3) is 3.38. The number of hydrogen-bond donors (Lipinski definition) is 1. The fraction of sp³-hybridized carbons (Fsp3) is 0.467. The summed E-state index contributed by atoms with van der Waals surface area (Å²) in [5.74, 6) is -0.437. The maximum atomic E-state index is 11.5. The Hall–Kier alpha value is -1.29. The lowest BCUT2D eigenvalue weighted by molar-refractivity contribution is -0.142. The van der Waals surface area contributed by atoms with E-state index in [0.29, 0.717) is 12.2 Å². The number of aliphatic carboxylic acids is 1. The first-order chi connectivity index (χ1) is 9.09. The molecule has 1 aromatic rings. The lowest BCUT2D eigenvalue weighted by atomic mass is 9.85. The van der Waals surface area contributed by atoms with Gasteiger partial charge in [0.2, 0.25) is 0 Å². The van der Waals surface area contributed by atoms with Crippen molar-refractivity contribution in [2.45, 2.75) is 32.1 Å². The van der Waals surface area contributed by atoms with Gasteiger partial charge in [-0.25, -0.2) is 0 Å². The van der Waals surface area contributed by atoms with Crippen LogP contribution in [0.25, 0.3) is 0 Å². The van der Waals surface area contributed by atoms with E-state index < -0.39 is 5.97 Å². The van der Waals surface area contributed by atoms with E-state index in [0.717, 1.165) is 12.8 Å². The standard InChI is InChI=1S/C15H18O3S/c1-10(16)19-9-8-14(15(17)18)13-7-6-11-4-2-3-5-12(11)13/h2-5,13-14H,6-9H2,1H3,(H,17,18). The number of fused-ring (bicyclic) bond motifs is 1. The minimum absolute atomic E-state index is 0.0518. The van der Waals surface area contributed by atoms with E-state index in [1.54, 1.807) is 0 Å². The second-order valence-electron chi connectivity index (χ2n) is 4.92. The van der Waals surface area contributed by atoms with Crippen LogP contribution in [-0.2, 0) is 16.0 Å². The third-order valence-electron chi connectivity index (χ3n) is 3.72. The number of benzene rings is 1. The highest BCUT2D eigenvalue weighted by molar-refractivity contribution is 8.13. The van der Waals surface area contributed by atoms with Crippen LogP contribution in [0.2, 0.25) is 0 Å². The van der Waals surface area contributed by atoms with Crippen LogP contribution in [0.15, 0.2) is 24.3 Å². The molecule has 19 heavy (non-hydrogen) atoms. The highest BCUT2D eigenvalue weighted by atomic mass is 32.2. The Labute approximate surface area is 117 Å². The molecule has 102 valence electrons. The van der Waals surface area contributed by atoms with E-state index in [1.165, 1.54) is 29.8 Å². The normalized spacial score (nSPS) is 18.9. The molecule has 0 saturated carbocycles. The predicted molar refractivity (Wildman–Crippen MR) is 76.4 cm³/mol. The van der Waals surface area contributed by atoms with E-state index in [2.05, 4.69) is 6.07 Å². The Balaban J connectivity index is 2.08. The van der Waals surface area contributed by atoms with Crippen molar-refractivity contribution in [2.24, 2.45) is 5.92 Å². The van der Waals surface area contributed by atoms with E-state index in [9.17, 15) is 14.7 Å². The molecule has 1 N–H and O–H groups in total. The van der Waals surface area contributed by atoms with Crippen molar-refractivity contribution >= 4 is 22.8 Å². The van der Waals surface area contributed by atoms with Gasteiger partial charge in [-0.3, -0.25) is 9.59 Å². The van der Waals surface area contributed by atoms with Crippen LogP contribution >= 0.6 is 11.8 Å². The van der Waals surface area contributed by atoms with Gasteiger partial charge in [0, 0.05) is 12.7 Å².